The average molecular weight is 217 g/mol. The van der Waals surface area contributed by atoms with Gasteiger partial charge in [-0.05, 0) is 25.1 Å². The van der Waals surface area contributed by atoms with Gasteiger partial charge in [0.1, 0.15) is 0 Å². The van der Waals surface area contributed by atoms with Crippen LogP contribution in [0.15, 0.2) is 24.4 Å². The smallest absolute Gasteiger partial charge is 0.183 e. The second-order valence-corrected chi connectivity index (χ2v) is 4.40. The number of fused-ring (bicyclic) bond motifs is 3. The molecule has 4 heteroatoms. The zero-order valence-corrected chi connectivity index (χ0v) is 9.19. The average Bonchev–Trinajstić information content (AvgIpc) is 2.80. The topological polar surface area (TPSA) is 40.7 Å². The maximum Gasteiger partial charge on any atom is 0.183 e. The van der Waals surface area contributed by atoms with Gasteiger partial charge in [-0.25, -0.2) is 4.98 Å². The number of nitrogens with zero attached hydrogens (tertiary/aromatic N) is 1. The molecule has 0 aliphatic heterocycles. The van der Waals surface area contributed by atoms with Crippen LogP contribution in [0.1, 0.15) is 6.92 Å². The summed E-state index contributed by atoms with van der Waals surface area (Å²) >= 11 is 1.71. The normalized spacial score (nSPS) is 11.3. The minimum absolute atomic E-state index is 0.913. The van der Waals surface area contributed by atoms with Gasteiger partial charge in [0.2, 0.25) is 0 Å². The van der Waals surface area contributed by atoms with Crippen LogP contribution in [0.25, 0.3) is 21.1 Å². The SMILES string of the molecule is CCNc1nc2ccc3[nH]ccc3c2s1. The lowest BCUT2D eigenvalue weighted by Crippen LogP contribution is -1.94. The van der Waals surface area contributed by atoms with Crippen molar-refractivity contribution in [1.82, 2.24) is 9.97 Å². The molecule has 3 aromatic rings. The van der Waals surface area contributed by atoms with E-state index in [4.69, 9.17) is 0 Å². The first-order chi connectivity index (χ1) is 7.38. The molecule has 3 nitrogen and oxygen atoms in total. The third-order valence-electron chi connectivity index (χ3n) is 2.41. The molecular formula is C11H11N3S. The Balaban J connectivity index is 2.32. The third kappa shape index (κ3) is 1.29. The summed E-state index contributed by atoms with van der Waals surface area (Å²) in [7, 11) is 0. The fourth-order valence-electron chi connectivity index (χ4n) is 1.75. The molecule has 76 valence electrons. The maximum atomic E-state index is 4.53. The number of hydrogen-bond acceptors (Lipinski definition) is 3. The van der Waals surface area contributed by atoms with E-state index in [1.807, 2.05) is 6.20 Å². The Bertz CT molecular complexity index is 608. The van der Waals surface area contributed by atoms with E-state index in [2.05, 4.69) is 40.4 Å². The lowest BCUT2D eigenvalue weighted by molar-refractivity contribution is 1.20. The fourth-order valence-corrected chi connectivity index (χ4v) is 2.81. The third-order valence-corrected chi connectivity index (χ3v) is 3.48. The highest BCUT2D eigenvalue weighted by Crippen LogP contribution is 2.31. The number of H-pyrrole nitrogens is 1. The molecule has 0 saturated carbocycles. The first-order valence-electron chi connectivity index (χ1n) is 4.99. The van der Waals surface area contributed by atoms with Crippen molar-refractivity contribution in [3.8, 4) is 0 Å². The van der Waals surface area contributed by atoms with Gasteiger partial charge < -0.3 is 10.3 Å². The van der Waals surface area contributed by atoms with Gasteiger partial charge in [-0.2, -0.15) is 0 Å². The predicted molar refractivity (Wildman–Crippen MR) is 65.6 cm³/mol. The number of anilines is 1. The molecule has 15 heavy (non-hydrogen) atoms. The van der Waals surface area contributed by atoms with E-state index in [9.17, 15) is 0 Å². The minimum Gasteiger partial charge on any atom is -0.362 e. The summed E-state index contributed by atoms with van der Waals surface area (Å²) in [4.78, 5) is 7.74. The van der Waals surface area contributed by atoms with E-state index in [1.165, 1.54) is 15.6 Å². The van der Waals surface area contributed by atoms with Crippen LogP contribution in [0.5, 0.6) is 0 Å². The summed E-state index contributed by atoms with van der Waals surface area (Å²) in [5, 5.41) is 5.51. The van der Waals surface area contributed by atoms with E-state index in [-0.39, 0.29) is 0 Å². The number of thiazole rings is 1. The fraction of sp³-hybridized carbons (Fsp3) is 0.182. The summed E-state index contributed by atoms with van der Waals surface area (Å²) in [6, 6.07) is 6.24. The predicted octanol–water partition coefficient (Wildman–Crippen LogP) is 3.21. The molecule has 0 spiro atoms. The molecule has 0 saturated heterocycles. The van der Waals surface area contributed by atoms with Crippen LogP contribution in [0.4, 0.5) is 5.13 Å². The van der Waals surface area contributed by atoms with E-state index >= 15 is 0 Å². The highest BCUT2D eigenvalue weighted by molar-refractivity contribution is 7.23. The second-order valence-electron chi connectivity index (χ2n) is 3.40. The van der Waals surface area contributed by atoms with Crippen LogP contribution in [0, 0.1) is 0 Å². The molecule has 2 heterocycles. The number of benzene rings is 1. The Morgan fingerprint density at radius 2 is 2.33 bits per heavy atom. The number of rotatable bonds is 2. The first kappa shape index (κ1) is 8.73. The molecule has 3 rings (SSSR count). The van der Waals surface area contributed by atoms with E-state index in [1.54, 1.807) is 11.3 Å². The van der Waals surface area contributed by atoms with Crippen LogP contribution < -0.4 is 5.32 Å². The molecule has 0 aliphatic carbocycles. The van der Waals surface area contributed by atoms with Crippen molar-refractivity contribution in [3.63, 3.8) is 0 Å². The standard InChI is InChI=1S/C11H11N3S/c1-2-12-11-14-9-4-3-8-7(5-6-13-8)10(9)15-11/h3-6,13H,2H2,1H3,(H,12,14). The van der Waals surface area contributed by atoms with Crippen LogP contribution >= 0.6 is 11.3 Å². The van der Waals surface area contributed by atoms with Gasteiger partial charge in [0.15, 0.2) is 5.13 Å². The first-order valence-corrected chi connectivity index (χ1v) is 5.80. The Hall–Kier alpha value is -1.55. The largest absolute Gasteiger partial charge is 0.362 e. The number of aromatic nitrogens is 2. The van der Waals surface area contributed by atoms with Crippen molar-refractivity contribution >= 4 is 37.6 Å². The van der Waals surface area contributed by atoms with E-state index in [0.29, 0.717) is 0 Å². The summed E-state index contributed by atoms with van der Waals surface area (Å²) in [6.45, 7) is 2.99. The Morgan fingerprint density at radius 1 is 1.40 bits per heavy atom. The molecule has 0 atom stereocenters. The molecule has 0 bridgehead atoms. The molecule has 2 aromatic heterocycles. The van der Waals surface area contributed by atoms with Crippen molar-refractivity contribution in [3.05, 3.63) is 24.4 Å². The van der Waals surface area contributed by atoms with Crippen molar-refractivity contribution in [2.24, 2.45) is 0 Å². The lowest BCUT2D eigenvalue weighted by atomic mass is 10.2. The van der Waals surface area contributed by atoms with E-state index < -0.39 is 0 Å². The Kier molecular flexibility index (Phi) is 1.89. The highest BCUT2D eigenvalue weighted by Gasteiger charge is 2.06. The molecule has 2 N–H and O–H groups in total. The maximum absolute atomic E-state index is 4.53. The summed E-state index contributed by atoms with van der Waals surface area (Å²) < 4.78 is 1.25. The van der Waals surface area contributed by atoms with Crippen LogP contribution in [0.2, 0.25) is 0 Å². The molecule has 0 amide bonds. The lowest BCUT2D eigenvalue weighted by Gasteiger charge is -1.92. The Morgan fingerprint density at radius 3 is 3.20 bits per heavy atom. The molecule has 0 aliphatic rings. The monoisotopic (exact) mass is 217 g/mol. The number of hydrogen-bond donors (Lipinski definition) is 2. The molecule has 0 radical (unpaired) electrons. The van der Waals surface area contributed by atoms with Gasteiger partial charge in [0, 0.05) is 23.6 Å². The zero-order chi connectivity index (χ0) is 10.3. The van der Waals surface area contributed by atoms with Gasteiger partial charge in [0.05, 0.1) is 10.2 Å². The highest BCUT2D eigenvalue weighted by atomic mass is 32.1. The van der Waals surface area contributed by atoms with E-state index in [0.717, 1.165) is 17.2 Å². The van der Waals surface area contributed by atoms with Gasteiger partial charge in [-0.1, -0.05) is 11.3 Å². The van der Waals surface area contributed by atoms with Crippen LogP contribution in [0.3, 0.4) is 0 Å². The van der Waals surface area contributed by atoms with Gasteiger partial charge in [-0.3, -0.25) is 0 Å². The summed E-state index contributed by atoms with van der Waals surface area (Å²) in [5.74, 6) is 0. The molecule has 0 fully saturated rings. The molecular weight excluding hydrogens is 206 g/mol. The zero-order valence-electron chi connectivity index (χ0n) is 8.37. The van der Waals surface area contributed by atoms with Crippen molar-refractivity contribution in [2.45, 2.75) is 6.92 Å². The van der Waals surface area contributed by atoms with Gasteiger partial charge in [-0.15, -0.1) is 0 Å². The molecule has 0 unspecified atom stereocenters. The number of aromatic amines is 1. The van der Waals surface area contributed by atoms with Crippen LogP contribution in [-0.4, -0.2) is 16.5 Å². The van der Waals surface area contributed by atoms with Crippen LogP contribution in [-0.2, 0) is 0 Å². The van der Waals surface area contributed by atoms with Crippen molar-refractivity contribution in [1.29, 1.82) is 0 Å². The number of nitrogens with one attached hydrogen (secondary N) is 2. The van der Waals surface area contributed by atoms with Crippen molar-refractivity contribution < 1.29 is 0 Å². The summed E-state index contributed by atoms with van der Waals surface area (Å²) in [6.07, 6.45) is 1.97. The minimum atomic E-state index is 0.913. The molecule has 1 aromatic carbocycles. The second kappa shape index (κ2) is 3.24. The van der Waals surface area contributed by atoms with Gasteiger partial charge >= 0.3 is 0 Å². The van der Waals surface area contributed by atoms with Gasteiger partial charge in [0.25, 0.3) is 0 Å². The van der Waals surface area contributed by atoms with Crippen molar-refractivity contribution in [2.75, 3.05) is 11.9 Å². The summed E-state index contributed by atoms with van der Waals surface area (Å²) in [5.41, 5.74) is 2.25. The quantitative estimate of drug-likeness (QED) is 0.692. The Labute approximate surface area is 91.1 Å².